The van der Waals surface area contributed by atoms with Gasteiger partial charge in [-0.3, -0.25) is 0 Å². The molecular weight excluding hydrogens is 254 g/mol. The van der Waals surface area contributed by atoms with Crippen LogP contribution in [0.4, 0.5) is 0 Å². The molecule has 0 radical (unpaired) electrons. The molecule has 0 amide bonds. The van der Waals surface area contributed by atoms with E-state index in [1.54, 1.807) is 0 Å². The van der Waals surface area contributed by atoms with Crippen LogP contribution in [0.15, 0.2) is 0 Å². The van der Waals surface area contributed by atoms with Gasteiger partial charge in [-0.2, -0.15) is 0 Å². The molecule has 1 heterocycles. The Kier molecular flexibility index (Phi) is 13.4. The lowest BCUT2D eigenvalue weighted by Crippen LogP contribution is -3.13. The molecule has 1 nitrogen and oxygen atoms in total. The monoisotopic (exact) mass is 289 g/mol. The quantitative estimate of drug-likeness (QED) is 0.569. The van der Waals surface area contributed by atoms with Crippen LogP contribution >= 0.6 is 0 Å². The van der Waals surface area contributed by atoms with Crippen LogP contribution in [0.25, 0.3) is 0 Å². The number of hydrogen-bond acceptors (Lipinski definition) is 0. The average molecular weight is 290 g/mol. The molecular formula is C17H36ClN. The van der Waals surface area contributed by atoms with E-state index < -0.39 is 0 Å². The third-order valence-corrected chi connectivity index (χ3v) is 4.62. The first kappa shape index (κ1) is 19.2. The van der Waals surface area contributed by atoms with E-state index >= 15 is 0 Å². The summed E-state index contributed by atoms with van der Waals surface area (Å²) in [6, 6.07) is 0. The molecule has 1 fully saturated rings. The number of hydrogen-bond donors (Lipinski definition) is 1. The molecule has 0 spiro atoms. The summed E-state index contributed by atoms with van der Waals surface area (Å²) >= 11 is 0. The number of likely N-dealkylation sites (tertiary alicyclic amines) is 1. The zero-order chi connectivity index (χ0) is 13.1. The molecule has 0 saturated carbocycles. The fourth-order valence-electron chi connectivity index (χ4n) is 3.11. The summed E-state index contributed by atoms with van der Waals surface area (Å²) in [7, 11) is 0. The Hall–Kier alpha value is 0.250. The van der Waals surface area contributed by atoms with Crippen LogP contribution < -0.4 is 17.3 Å². The Bertz CT molecular complexity index is 176. The number of piperidine rings is 1. The van der Waals surface area contributed by atoms with E-state index in [9.17, 15) is 0 Å². The Morgan fingerprint density at radius 2 is 1.26 bits per heavy atom. The molecule has 0 bridgehead atoms. The fraction of sp³-hybridized carbons (Fsp3) is 1.00. The minimum atomic E-state index is 0. The standard InChI is InChI=1S/C17H35N.ClH/c1-3-4-5-6-7-8-9-10-11-14-18-15-12-17(2)13-16-18;/h17H,3-16H2,1-2H3;1H. The second kappa shape index (κ2) is 13.2. The lowest BCUT2D eigenvalue weighted by molar-refractivity contribution is -0.906. The van der Waals surface area contributed by atoms with Crippen molar-refractivity contribution < 1.29 is 17.3 Å². The van der Waals surface area contributed by atoms with Crippen LogP contribution in [0.2, 0.25) is 0 Å². The van der Waals surface area contributed by atoms with Crippen molar-refractivity contribution in [2.75, 3.05) is 19.6 Å². The summed E-state index contributed by atoms with van der Waals surface area (Å²) in [5.74, 6) is 0.997. The Morgan fingerprint density at radius 3 is 1.79 bits per heavy atom. The van der Waals surface area contributed by atoms with E-state index in [1.165, 1.54) is 90.3 Å². The van der Waals surface area contributed by atoms with E-state index in [2.05, 4.69) is 13.8 Å². The van der Waals surface area contributed by atoms with Crippen molar-refractivity contribution in [2.45, 2.75) is 84.5 Å². The minimum absolute atomic E-state index is 0. The lowest BCUT2D eigenvalue weighted by Gasteiger charge is -2.27. The predicted molar refractivity (Wildman–Crippen MR) is 81.2 cm³/mol. The van der Waals surface area contributed by atoms with Crippen molar-refractivity contribution in [3.63, 3.8) is 0 Å². The number of rotatable bonds is 10. The summed E-state index contributed by atoms with van der Waals surface area (Å²) in [5, 5.41) is 0. The molecule has 1 saturated heterocycles. The van der Waals surface area contributed by atoms with Crippen LogP contribution in [0.1, 0.15) is 84.5 Å². The van der Waals surface area contributed by atoms with Crippen LogP contribution in [0, 0.1) is 5.92 Å². The molecule has 0 aromatic heterocycles. The van der Waals surface area contributed by atoms with Gasteiger partial charge in [0.05, 0.1) is 19.6 Å². The van der Waals surface area contributed by atoms with Gasteiger partial charge in [0.15, 0.2) is 0 Å². The Morgan fingerprint density at radius 1 is 0.789 bits per heavy atom. The number of nitrogens with one attached hydrogen (secondary N) is 1. The van der Waals surface area contributed by atoms with Crippen LogP contribution in [-0.2, 0) is 0 Å². The zero-order valence-electron chi connectivity index (χ0n) is 13.4. The highest BCUT2D eigenvalue weighted by Gasteiger charge is 2.17. The van der Waals surface area contributed by atoms with E-state index in [0.29, 0.717) is 0 Å². The molecule has 2 heteroatoms. The van der Waals surface area contributed by atoms with Gasteiger partial charge in [0, 0.05) is 0 Å². The molecule has 0 atom stereocenters. The van der Waals surface area contributed by atoms with Crippen molar-refractivity contribution in [3.8, 4) is 0 Å². The first-order chi connectivity index (χ1) is 8.83. The first-order valence-electron chi connectivity index (χ1n) is 8.66. The summed E-state index contributed by atoms with van der Waals surface area (Å²) in [6.45, 7) is 9.04. The van der Waals surface area contributed by atoms with E-state index in [1.807, 2.05) is 4.90 Å². The smallest absolute Gasteiger partial charge is 0.0773 e. The van der Waals surface area contributed by atoms with Gasteiger partial charge in [0.2, 0.25) is 0 Å². The molecule has 1 N–H and O–H groups in total. The number of halogens is 1. The highest BCUT2D eigenvalue weighted by atomic mass is 35.5. The van der Waals surface area contributed by atoms with Crippen molar-refractivity contribution in [1.29, 1.82) is 0 Å². The van der Waals surface area contributed by atoms with Crippen LogP contribution in [0.5, 0.6) is 0 Å². The molecule has 0 aliphatic carbocycles. The lowest BCUT2D eigenvalue weighted by atomic mass is 9.99. The van der Waals surface area contributed by atoms with Crippen molar-refractivity contribution in [1.82, 2.24) is 0 Å². The summed E-state index contributed by atoms with van der Waals surface area (Å²) in [4.78, 5) is 1.89. The van der Waals surface area contributed by atoms with Gasteiger partial charge in [-0.05, 0) is 31.6 Å². The van der Waals surface area contributed by atoms with Gasteiger partial charge in [-0.15, -0.1) is 0 Å². The third-order valence-electron chi connectivity index (χ3n) is 4.62. The van der Waals surface area contributed by atoms with Crippen LogP contribution in [0.3, 0.4) is 0 Å². The van der Waals surface area contributed by atoms with Gasteiger partial charge in [-0.1, -0.05) is 58.8 Å². The van der Waals surface area contributed by atoms with Gasteiger partial charge in [0.1, 0.15) is 0 Å². The molecule has 116 valence electrons. The second-order valence-electron chi connectivity index (χ2n) is 6.51. The topological polar surface area (TPSA) is 4.44 Å². The molecule has 19 heavy (non-hydrogen) atoms. The van der Waals surface area contributed by atoms with Crippen molar-refractivity contribution >= 4 is 0 Å². The summed E-state index contributed by atoms with van der Waals surface area (Å²) in [6.07, 6.45) is 16.1. The predicted octanol–water partition coefficient (Wildman–Crippen LogP) is 0.836. The molecule has 0 unspecified atom stereocenters. The minimum Gasteiger partial charge on any atom is -1.00 e. The SMILES string of the molecule is CCCCCCCCCCC[NH+]1CCC(C)CC1.[Cl-]. The molecule has 1 aliphatic heterocycles. The van der Waals surface area contributed by atoms with Crippen LogP contribution in [-0.4, -0.2) is 19.6 Å². The van der Waals surface area contributed by atoms with Gasteiger partial charge in [-0.25, -0.2) is 0 Å². The average Bonchev–Trinajstić information content (AvgIpc) is 2.39. The van der Waals surface area contributed by atoms with E-state index in [-0.39, 0.29) is 12.4 Å². The zero-order valence-corrected chi connectivity index (χ0v) is 14.1. The van der Waals surface area contributed by atoms with Gasteiger partial charge in [0.25, 0.3) is 0 Å². The fourth-order valence-corrected chi connectivity index (χ4v) is 3.11. The first-order valence-corrected chi connectivity index (χ1v) is 8.66. The third kappa shape index (κ3) is 10.7. The maximum Gasteiger partial charge on any atom is 0.0773 e. The highest BCUT2D eigenvalue weighted by Crippen LogP contribution is 2.09. The van der Waals surface area contributed by atoms with E-state index in [0.717, 1.165) is 5.92 Å². The molecule has 0 aromatic rings. The molecule has 1 aliphatic rings. The van der Waals surface area contributed by atoms with Gasteiger partial charge >= 0.3 is 0 Å². The summed E-state index contributed by atoms with van der Waals surface area (Å²) < 4.78 is 0. The second-order valence-corrected chi connectivity index (χ2v) is 6.51. The van der Waals surface area contributed by atoms with E-state index in [4.69, 9.17) is 0 Å². The molecule has 0 aromatic carbocycles. The van der Waals surface area contributed by atoms with Crippen molar-refractivity contribution in [3.05, 3.63) is 0 Å². The maximum atomic E-state index is 2.41. The number of unbranched alkanes of at least 4 members (excludes halogenated alkanes) is 8. The highest BCUT2D eigenvalue weighted by molar-refractivity contribution is 4.56. The Balaban J connectivity index is 0.00000324. The largest absolute Gasteiger partial charge is 1.00 e. The number of quaternary nitrogens is 1. The Labute approximate surface area is 127 Å². The summed E-state index contributed by atoms with van der Waals surface area (Å²) in [5.41, 5.74) is 0. The van der Waals surface area contributed by atoms with Gasteiger partial charge < -0.3 is 17.3 Å². The van der Waals surface area contributed by atoms with Crippen molar-refractivity contribution in [2.24, 2.45) is 5.92 Å². The normalized spacial score (nSPS) is 23.1. The molecule has 1 rings (SSSR count). The maximum absolute atomic E-state index is 2.41.